The summed E-state index contributed by atoms with van der Waals surface area (Å²) in [6.45, 7) is -0.509. The van der Waals surface area contributed by atoms with E-state index in [1.54, 1.807) is 0 Å². The minimum atomic E-state index is -3.07. The molecule has 6 nitrogen and oxygen atoms in total. The summed E-state index contributed by atoms with van der Waals surface area (Å²) in [5.74, 6) is -0.213. The van der Waals surface area contributed by atoms with Gasteiger partial charge >= 0.3 is 12.7 Å². The molecule has 1 fully saturated rings. The van der Waals surface area contributed by atoms with Crippen LogP contribution in [0.2, 0.25) is 0 Å². The van der Waals surface area contributed by atoms with Crippen LogP contribution in [0.3, 0.4) is 0 Å². The Bertz CT molecular complexity index is 425. The Morgan fingerprint density at radius 1 is 1.00 bits per heavy atom. The van der Waals surface area contributed by atoms with Crippen molar-refractivity contribution in [1.82, 2.24) is 6.15 Å². The van der Waals surface area contributed by atoms with Crippen molar-refractivity contribution in [2.45, 2.75) is 103 Å². The van der Waals surface area contributed by atoms with E-state index in [9.17, 15) is 9.69 Å². The molecular weight excluding hydrogens is 385 g/mol. The highest BCUT2D eigenvalue weighted by atomic mass is 32.5. The van der Waals surface area contributed by atoms with Crippen molar-refractivity contribution in [3.63, 3.8) is 0 Å². The topological polar surface area (TPSA) is 100.0 Å². The molecule has 4 N–H and O–H groups in total. The van der Waals surface area contributed by atoms with Gasteiger partial charge in [-0.2, -0.15) is 0 Å². The highest BCUT2D eigenvalue weighted by Crippen LogP contribution is 2.49. The first-order chi connectivity index (χ1) is 12.5. The number of esters is 1. The molecule has 0 radical (unpaired) electrons. The Labute approximate surface area is 170 Å². The summed E-state index contributed by atoms with van der Waals surface area (Å²) in [6.07, 6.45) is 16.7. The molecule has 0 aliphatic carbocycles. The van der Waals surface area contributed by atoms with E-state index < -0.39 is 12.8 Å². The molecule has 0 aromatic heterocycles. The van der Waals surface area contributed by atoms with Gasteiger partial charge in [0.25, 0.3) is 0 Å². The van der Waals surface area contributed by atoms with Gasteiger partial charge in [0.15, 0.2) is 0 Å². The predicted molar refractivity (Wildman–Crippen MR) is 114 cm³/mol. The van der Waals surface area contributed by atoms with Gasteiger partial charge in [0.1, 0.15) is 12.7 Å². The first-order valence-electron chi connectivity index (χ1n) is 10.3. The molecule has 0 aromatic carbocycles. The number of carbonyl (C=O) groups excluding carboxylic acids is 1. The fourth-order valence-corrected chi connectivity index (χ4v) is 4.51. The fraction of sp³-hybridized carbons (Fsp3) is 0.947. The molecule has 0 amide bonds. The summed E-state index contributed by atoms with van der Waals surface area (Å²) in [4.78, 5) is 21.1. The zero-order valence-electron chi connectivity index (χ0n) is 17.0. The van der Waals surface area contributed by atoms with Gasteiger partial charge in [0.05, 0.1) is 6.61 Å². The van der Waals surface area contributed by atoms with E-state index >= 15 is 0 Å². The van der Waals surface area contributed by atoms with Crippen molar-refractivity contribution >= 4 is 24.5 Å². The summed E-state index contributed by atoms with van der Waals surface area (Å²) < 4.78 is 15.2. The number of hydrogen-bond donors (Lipinski definition) is 2. The number of unbranched alkanes of at least 4 members (excludes halogenated alkanes) is 12. The van der Waals surface area contributed by atoms with Crippen LogP contribution in [0.25, 0.3) is 0 Å². The average molecular weight is 426 g/mol. The van der Waals surface area contributed by atoms with Crippen molar-refractivity contribution in [1.29, 1.82) is 0 Å². The van der Waals surface area contributed by atoms with Crippen molar-refractivity contribution in [2.24, 2.45) is 0 Å². The molecule has 1 heterocycles. The van der Waals surface area contributed by atoms with E-state index in [-0.39, 0.29) is 25.3 Å². The predicted octanol–water partition coefficient (Wildman–Crippen LogP) is 5.81. The summed E-state index contributed by atoms with van der Waals surface area (Å²) in [5.41, 5.74) is 0. The third-order valence-electron chi connectivity index (χ3n) is 4.62. The second kappa shape index (κ2) is 16.9. The monoisotopic (exact) mass is 425 g/mol. The third-order valence-corrected chi connectivity index (χ3v) is 6.23. The van der Waals surface area contributed by atoms with Gasteiger partial charge in [0.2, 0.25) is 0 Å². The van der Waals surface area contributed by atoms with E-state index in [1.165, 1.54) is 70.6 Å². The normalized spacial score (nSPS) is 21.8. The number of hydrogen-bond acceptors (Lipinski definition) is 6. The Morgan fingerprint density at radius 3 is 1.93 bits per heavy atom. The molecule has 8 heteroatoms. The lowest BCUT2D eigenvalue weighted by Gasteiger charge is -2.09. The fourth-order valence-electron chi connectivity index (χ4n) is 3.05. The van der Waals surface area contributed by atoms with Crippen LogP contribution in [0.5, 0.6) is 0 Å². The van der Waals surface area contributed by atoms with Gasteiger partial charge < -0.3 is 20.3 Å². The van der Waals surface area contributed by atoms with Crippen molar-refractivity contribution < 1.29 is 23.5 Å². The van der Waals surface area contributed by atoms with E-state index in [4.69, 9.17) is 25.6 Å². The lowest BCUT2D eigenvalue weighted by atomic mass is 10.0. The average Bonchev–Trinajstić information content (AvgIpc) is 2.96. The molecule has 0 aromatic rings. The molecule has 1 aliphatic rings. The number of carbonyl (C=O) groups is 1. The summed E-state index contributed by atoms with van der Waals surface area (Å²) in [6, 6.07) is 0. The van der Waals surface area contributed by atoms with Crippen LogP contribution in [0.15, 0.2) is 0 Å². The number of rotatable bonds is 16. The first kappa shape index (κ1) is 27.0. The lowest BCUT2D eigenvalue weighted by Crippen LogP contribution is -2.20. The van der Waals surface area contributed by atoms with Crippen LogP contribution in [-0.2, 0) is 30.4 Å². The molecule has 0 saturated carbocycles. The number of ether oxygens (including phenoxy) is 1. The van der Waals surface area contributed by atoms with Crippen LogP contribution in [0, 0.1) is 0 Å². The molecular formula is C19H40NO5PS. The molecule has 162 valence electrons. The zero-order chi connectivity index (χ0) is 19.1. The van der Waals surface area contributed by atoms with Gasteiger partial charge in [-0.15, -0.1) is 0 Å². The molecule has 2 unspecified atom stereocenters. The molecule has 27 heavy (non-hydrogen) atoms. The van der Waals surface area contributed by atoms with Gasteiger partial charge in [0, 0.05) is 6.42 Å². The minimum absolute atomic E-state index is 0. The van der Waals surface area contributed by atoms with Gasteiger partial charge in [-0.3, -0.25) is 9.32 Å². The van der Waals surface area contributed by atoms with Crippen LogP contribution in [0.4, 0.5) is 0 Å². The van der Waals surface area contributed by atoms with Crippen molar-refractivity contribution in [2.75, 3.05) is 13.2 Å². The molecule has 2 atom stereocenters. The molecule has 1 rings (SSSR count). The van der Waals surface area contributed by atoms with Gasteiger partial charge in [-0.25, -0.2) is 0 Å². The molecule has 0 spiro atoms. The zero-order valence-corrected chi connectivity index (χ0v) is 18.7. The standard InChI is InChI=1S/C19H37O5PS.H3N/c1-2-3-4-5-6-7-8-9-10-11-12-13-14-15-19(20)22-16-18-17-23-25(21,26)24-18;/h18H,2-17H2,1H3,(H,21,26);1H3. The summed E-state index contributed by atoms with van der Waals surface area (Å²) >= 11 is 4.71. The van der Waals surface area contributed by atoms with Crippen LogP contribution < -0.4 is 6.15 Å². The largest absolute Gasteiger partial charge is 0.463 e. The highest BCUT2D eigenvalue weighted by Gasteiger charge is 2.31. The summed E-state index contributed by atoms with van der Waals surface area (Å²) in [5, 5.41) is 0. The maximum Gasteiger partial charge on any atom is 0.325 e. The maximum absolute atomic E-state index is 11.7. The maximum atomic E-state index is 11.7. The third kappa shape index (κ3) is 15.5. The van der Waals surface area contributed by atoms with Gasteiger partial charge in [-0.05, 0) is 18.2 Å². The Kier molecular flexibility index (Phi) is 16.8. The van der Waals surface area contributed by atoms with Crippen molar-refractivity contribution in [3.05, 3.63) is 0 Å². The van der Waals surface area contributed by atoms with Gasteiger partial charge in [-0.1, -0.05) is 84.0 Å². The SMILES string of the molecule is CCCCCCCCCCCCCCCC(=O)OCC1COP(O)(=S)O1.N. The minimum Gasteiger partial charge on any atom is -0.463 e. The second-order valence-corrected chi connectivity index (χ2v) is 9.96. The first-order valence-corrected chi connectivity index (χ1v) is 12.9. The van der Waals surface area contributed by atoms with E-state index in [0.29, 0.717) is 6.42 Å². The van der Waals surface area contributed by atoms with Crippen LogP contribution in [0.1, 0.15) is 96.8 Å². The van der Waals surface area contributed by atoms with E-state index in [1.807, 2.05) is 0 Å². The summed E-state index contributed by atoms with van der Waals surface area (Å²) in [7, 11) is 0. The Balaban J connectivity index is 0.00000676. The highest BCUT2D eigenvalue weighted by molar-refractivity contribution is 8.07. The molecule has 0 bridgehead atoms. The molecule has 1 saturated heterocycles. The van der Waals surface area contributed by atoms with E-state index in [0.717, 1.165) is 12.8 Å². The Morgan fingerprint density at radius 2 is 1.48 bits per heavy atom. The van der Waals surface area contributed by atoms with Crippen molar-refractivity contribution in [3.8, 4) is 0 Å². The smallest absolute Gasteiger partial charge is 0.325 e. The van der Waals surface area contributed by atoms with E-state index in [2.05, 4.69) is 6.92 Å². The quantitative estimate of drug-likeness (QED) is 0.183. The van der Waals surface area contributed by atoms with Crippen LogP contribution in [-0.4, -0.2) is 30.2 Å². The lowest BCUT2D eigenvalue weighted by molar-refractivity contribution is -0.146. The van der Waals surface area contributed by atoms with Crippen LogP contribution >= 0.6 is 6.72 Å². The molecule has 1 aliphatic heterocycles. The Hall–Kier alpha value is -0.0400. The second-order valence-electron chi connectivity index (χ2n) is 7.17.